The highest BCUT2D eigenvalue weighted by atomic mass is 35.5. The van der Waals surface area contributed by atoms with Gasteiger partial charge in [-0.05, 0) is 55.0 Å². The largest absolute Gasteiger partial charge is 0.385 e. The van der Waals surface area contributed by atoms with Crippen molar-refractivity contribution < 1.29 is 9.53 Å². The van der Waals surface area contributed by atoms with Gasteiger partial charge in [-0.15, -0.1) is 0 Å². The van der Waals surface area contributed by atoms with E-state index < -0.39 is 0 Å². The lowest BCUT2D eigenvalue weighted by atomic mass is 9.88. The third kappa shape index (κ3) is 5.17. The van der Waals surface area contributed by atoms with Gasteiger partial charge in [-0.1, -0.05) is 47.6 Å². The Morgan fingerprint density at radius 1 is 1.31 bits per heavy atom. The molecule has 4 rings (SSSR count). The molecule has 2 aromatic carbocycles. The van der Waals surface area contributed by atoms with Crippen molar-refractivity contribution in [1.82, 2.24) is 14.9 Å². The van der Waals surface area contributed by atoms with Crippen molar-refractivity contribution in [3.8, 4) is 0 Å². The molecule has 0 bridgehead atoms. The summed E-state index contributed by atoms with van der Waals surface area (Å²) >= 11 is 7.38. The zero-order valence-electron chi connectivity index (χ0n) is 18.0. The zero-order valence-corrected chi connectivity index (χ0v) is 19.5. The number of nitrogens with zero attached hydrogens (tertiary/aromatic N) is 2. The smallest absolute Gasteiger partial charge is 0.262 e. The van der Waals surface area contributed by atoms with Crippen LogP contribution in [0.1, 0.15) is 36.4 Å². The van der Waals surface area contributed by atoms with Crippen LogP contribution in [0.5, 0.6) is 0 Å². The third-order valence-corrected chi connectivity index (χ3v) is 6.86. The summed E-state index contributed by atoms with van der Waals surface area (Å²) in [6.45, 7) is 1.01. The number of amides is 1. The van der Waals surface area contributed by atoms with E-state index in [0.29, 0.717) is 40.7 Å². The van der Waals surface area contributed by atoms with Crippen molar-refractivity contribution in [2.75, 3.05) is 19.5 Å². The van der Waals surface area contributed by atoms with Crippen LogP contribution in [0.15, 0.2) is 52.4 Å². The van der Waals surface area contributed by atoms with Crippen molar-refractivity contribution in [1.29, 1.82) is 0 Å². The summed E-state index contributed by atoms with van der Waals surface area (Å²) in [5, 5.41) is 4.71. The molecular weight excluding hydrogens is 446 g/mol. The van der Waals surface area contributed by atoms with E-state index in [-0.39, 0.29) is 23.3 Å². The summed E-state index contributed by atoms with van der Waals surface area (Å²) in [5.74, 6) is 0.113. The summed E-state index contributed by atoms with van der Waals surface area (Å²) < 4.78 is 6.76. The maximum absolute atomic E-state index is 13.1. The topological polar surface area (TPSA) is 73.2 Å². The van der Waals surface area contributed by atoms with Crippen LogP contribution in [0, 0.1) is 0 Å². The van der Waals surface area contributed by atoms with Crippen molar-refractivity contribution in [3.63, 3.8) is 0 Å². The number of fused-ring (bicyclic) bond motifs is 2. The molecule has 0 radical (unpaired) electrons. The van der Waals surface area contributed by atoms with E-state index >= 15 is 0 Å². The van der Waals surface area contributed by atoms with Gasteiger partial charge in [0.15, 0.2) is 5.16 Å². The second-order valence-electron chi connectivity index (χ2n) is 7.86. The summed E-state index contributed by atoms with van der Waals surface area (Å²) in [6, 6.07) is 13.4. The summed E-state index contributed by atoms with van der Waals surface area (Å²) in [6.07, 6.45) is 3.72. The number of ether oxygens (including phenoxy) is 1. The predicted octanol–water partition coefficient (Wildman–Crippen LogP) is 4.37. The van der Waals surface area contributed by atoms with Crippen LogP contribution in [-0.4, -0.2) is 34.9 Å². The maximum atomic E-state index is 13.1. The number of hydrogen-bond donors (Lipinski definition) is 1. The zero-order chi connectivity index (χ0) is 22.5. The number of carbonyl (C=O) groups excluding carboxylic acids is 1. The lowest BCUT2D eigenvalue weighted by Crippen LogP contribution is -2.32. The minimum atomic E-state index is -0.133. The standard InChI is InChI=1S/C24H26ClN3O3S/c1-31-13-5-12-28-23(30)19-11-10-17(25)14-21(19)27-24(28)32-15-22(29)26-20-9-4-7-16-6-2-3-8-18(16)20/h2-3,6,8,10-11,14,20H,4-5,7,9,12-13,15H2,1H3,(H,26,29). The Labute approximate surface area is 196 Å². The molecule has 6 nitrogen and oxygen atoms in total. The van der Waals surface area contributed by atoms with Crippen molar-refractivity contribution in [3.05, 3.63) is 69.0 Å². The number of thioether (sulfide) groups is 1. The lowest BCUT2D eigenvalue weighted by Gasteiger charge is -2.26. The molecule has 0 saturated carbocycles. The number of rotatable bonds is 8. The van der Waals surface area contributed by atoms with Crippen LogP contribution in [0.3, 0.4) is 0 Å². The van der Waals surface area contributed by atoms with Gasteiger partial charge in [0.2, 0.25) is 5.91 Å². The first-order valence-electron chi connectivity index (χ1n) is 10.8. The summed E-state index contributed by atoms with van der Waals surface area (Å²) in [5.41, 5.74) is 2.91. The van der Waals surface area contributed by atoms with Crippen LogP contribution in [0.2, 0.25) is 5.02 Å². The molecule has 0 saturated heterocycles. The van der Waals surface area contributed by atoms with E-state index in [2.05, 4.69) is 22.4 Å². The molecule has 0 spiro atoms. The molecule has 1 amide bonds. The number of aryl methyl sites for hydroxylation is 1. The van der Waals surface area contributed by atoms with Crippen LogP contribution >= 0.6 is 23.4 Å². The van der Waals surface area contributed by atoms with E-state index in [9.17, 15) is 9.59 Å². The molecule has 1 aromatic heterocycles. The molecule has 1 atom stereocenters. The van der Waals surface area contributed by atoms with Crippen LogP contribution in [0.25, 0.3) is 10.9 Å². The Bertz CT molecular complexity index is 1180. The Kier molecular flexibility index (Phi) is 7.50. The van der Waals surface area contributed by atoms with Gasteiger partial charge in [0.05, 0.1) is 22.7 Å². The maximum Gasteiger partial charge on any atom is 0.262 e. The van der Waals surface area contributed by atoms with E-state index in [0.717, 1.165) is 19.3 Å². The Hall–Kier alpha value is -2.35. The highest BCUT2D eigenvalue weighted by molar-refractivity contribution is 7.99. The van der Waals surface area contributed by atoms with Gasteiger partial charge < -0.3 is 10.1 Å². The fourth-order valence-electron chi connectivity index (χ4n) is 4.12. The number of benzene rings is 2. The van der Waals surface area contributed by atoms with Crippen molar-refractivity contribution in [2.24, 2.45) is 0 Å². The third-order valence-electron chi connectivity index (χ3n) is 5.65. The van der Waals surface area contributed by atoms with Crippen molar-refractivity contribution >= 4 is 40.2 Å². The Morgan fingerprint density at radius 2 is 2.16 bits per heavy atom. The average molecular weight is 472 g/mol. The minimum absolute atomic E-state index is 0.0281. The van der Waals surface area contributed by atoms with Gasteiger partial charge in [0.25, 0.3) is 5.56 Å². The lowest BCUT2D eigenvalue weighted by molar-refractivity contribution is -0.119. The van der Waals surface area contributed by atoms with Gasteiger partial charge >= 0.3 is 0 Å². The molecular formula is C24H26ClN3O3S. The fourth-order valence-corrected chi connectivity index (χ4v) is 5.12. The molecule has 168 valence electrons. The molecule has 1 N–H and O–H groups in total. The highest BCUT2D eigenvalue weighted by Gasteiger charge is 2.22. The van der Waals surface area contributed by atoms with Crippen LogP contribution in [0.4, 0.5) is 0 Å². The van der Waals surface area contributed by atoms with Crippen LogP contribution in [-0.2, 0) is 22.5 Å². The summed E-state index contributed by atoms with van der Waals surface area (Å²) in [4.78, 5) is 30.5. The van der Waals surface area contributed by atoms with E-state index in [1.165, 1.54) is 22.9 Å². The van der Waals surface area contributed by atoms with Gasteiger partial charge in [-0.25, -0.2) is 4.98 Å². The number of aromatic nitrogens is 2. The molecule has 8 heteroatoms. The fraction of sp³-hybridized carbons (Fsp3) is 0.375. The monoisotopic (exact) mass is 471 g/mol. The van der Waals surface area contributed by atoms with Gasteiger partial charge in [-0.3, -0.25) is 14.2 Å². The Morgan fingerprint density at radius 3 is 3.00 bits per heavy atom. The summed E-state index contributed by atoms with van der Waals surface area (Å²) in [7, 11) is 1.63. The first-order valence-corrected chi connectivity index (χ1v) is 12.1. The van der Waals surface area contributed by atoms with E-state index in [1.807, 2.05) is 12.1 Å². The number of carbonyl (C=O) groups is 1. The number of methoxy groups -OCH3 is 1. The molecule has 32 heavy (non-hydrogen) atoms. The predicted molar refractivity (Wildman–Crippen MR) is 128 cm³/mol. The number of hydrogen-bond acceptors (Lipinski definition) is 5. The highest BCUT2D eigenvalue weighted by Crippen LogP contribution is 2.29. The van der Waals surface area contributed by atoms with Crippen molar-refractivity contribution in [2.45, 2.75) is 43.4 Å². The molecule has 0 aliphatic heterocycles. The Balaban J connectivity index is 1.52. The SMILES string of the molecule is COCCCn1c(SCC(=O)NC2CCCc3ccccc32)nc2cc(Cl)ccc2c1=O. The second-order valence-corrected chi connectivity index (χ2v) is 9.24. The van der Waals surface area contributed by atoms with Crippen LogP contribution < -0.4 is 10.9 Å². The molecule has 1 unspecified atom stereocenters. The molecule has 1 aliphatic carbocycles. The molecule has 3 aromatic rings. The first-order chi connectivity index (χ1) is 15.6. The molecule has 1 aliphatic rings. The normalized spacial score (nSPS) is 15.5. The molecule has 0 fully saturated rings. The molecule has 1 heterocycles. The van der Waals surface area contributed by atoms with Gasteiger partial charge in [-0.2, -0.15) is 0 Å². The number of halogens is 1. The minimum Gasteiger partial charge on any atom is -0.385 e. The van der Waals surface area contributed by atoms with Gasteiger partial charge in [0.1, 0.15) is 0 Å². The quantitative estimate of drug-likeness (QED) is 0.300. The van der Waals surface area contributed by atoms with E-state index in [1.54, 1.807) is 29.9 Å². The number of nitrogens with one attached hydrogen (secondary N) is 1. The second kappa shape index (κ2) is 10.5. The first kappa shape index (κ1) is 22.8. The average Bonchev–Trinajstić information content (AvgIpc) is 2.79. The van der Waals surface area contributed by atoms with E-state index in [4.69, 9.17) is 16.3 Å². The van der Waals surface area contributed by atoms with Gasteiger partial charge in [0, 0.05) is 25.3 Å².